The van der Waals surface area contributed by atoms with Crippen LogP contribution < -0.4 is 0 Å². The lowest BCUT2D eigenvalue weighted by Crippen LogP contribution is -2.17. The number of nitrogens with zero attached hydrogens (tertiary/aromatic N) is 2. The molecule has 5 rings (SSSR count). The topological polar surface area (TPSA) is 59.9 Å². The molecule has 1 saturated heterocycles. The number of nitrogens with one attached hydrogen (secondary N) is 1. The molecule has 1 N–H and O–H groups in total. The maximum Gasteiger partial charge on any atom is 0.175 e. The lowest BCUT2D eigenvalue weighted by Gasteiger charge is -2.14. The second-order valence-electron chi connectivity index (χ2n) is 9.74. The Kier molecular flexibility index (Phi) is 7.17. The van der Waals surface area contributed by atoms with Crippen molar-refractivity contribution in [3.8, 4) is 22.5 Å². The van der Waals surface area contributed by atoms with Crippen LogP contribution in [0.25, 0.3) is 22.5 Å². The zero-order chi connectivity index (χ0) is 25.2. The van der Waals surface area contributed by atoms with Crippen LogP contribution in [-0.2, 0) is 11.3 Å². The van der Waals surface area contributed by atoms with E-state index in [0.29, 0.717) is 5.75 Å². The van der Waals surface area contributed by atoms with Crippen molar-refractivity contribution in [1.29, 1.82) is 0 Å². The van der Waals surface area contributed by atoms with Gasteiger partial charge in [-0.25, -0.2) is 4.98 Å². The van der Waals surface area contributed by atoms with E-state index >= 15 is 0 Å². The third kappa shape index (κ3) is 5.20. The SMILES string of the molecule is Cc1ccc(-c2nc(SCC(=O)c3cc(C)n(CC4CCCO4)c3C)[nH]c2-c2ccc(C)cc2)cc1. The molecule has 2 aromatic carbocycles. The van der Waals surface area contributed by atoms with E-state index < -0.39 is 0 Å². The number of rotatable bonds is 8. The zero-order valence-electron chi connectivity index (χ0n) is 21.4. The monoisotopic (exact) mass is 499 g/mol. The number of thioether (sulfide) groups is 1. The number of Topliss-reactive ketones (excluding diaryl/α,β-unsaturated/α-hetero) is 1. The zero-order valence-corrected chi connectivity index (χ0v) is 22.2. The molecule has 1 aliphatic rings. The Morgan fingerprint density at radius 2 is 1.69 bits per heavy atom. The van der Waals surface area contributed by atoms with Gasteiger partial charge in [0.25, 0.3) is 0 Å². The molecular formula is C30H33N3O2S. The number of ether oxygens (including phenoxy) is 1. The Bertz CT molecular complexity index is 1300. The predicted octanol–water partition coefficient (Wildman–Crippen LogP) is 6.93. The second-order valence-corrected chi connectivity index (χ2v) is 10.7. The number of H-pyrrole nitrogens is 1. The molecule has 6 heteroatoms. The Morgan fingerprint density at radius 3 is 2.33 bits per heavy atom. The first-order chi connectivity index (χ1) is 17.4. The molecule has 0 bridgehead atoms. The molecule has 4 aromatic rings. The lowest BCUT2D eigenvalue weighted by molar-refractivity contribution is 0.0957. The summed E-state index contributed by atoms with van der Waals surface area (Å²) < 4.78 is 8.05. The summed E-state index contributed by atoms with van der Waals surface area (Å²) in [4.78, 5) is 21.7. The molecule has 0 radical (unpaired) electrons. The van der Waals surface area contributed by atoms with Gasteiger partial charge in [-0.1, -0.05) is 71.4 Å². The van der Waals surface area contributed by atoms with Crippen molar-refractivity contribution in [3.63, 3.8) is 0 Å². The van der Waals surface area contributed by atoms with Crippen LogP contribution in [0.15, 0.2) is 59.8 Å². The molecule has 186 valence electrons. The van der Waals surface area contributed by atoms with Gasteiger partial charge in [0, 0.05) is 41.2 Å². The van der Waals surface area contributed by atoms with E-state index in [2.05, 4.69) is 78.9 Å². The molecule has 1 aliphatic heterocycles. The smallest absolute Gasteiger partial charge is 0.175 e. The summed E-state index contributed by atoms with van der Waals surface area (Å²) in [7, 11) is 0. The van der Waals surface area contributed by atoms with Gasteiger partial charge in [0.1, 0.15) is 0 Å². The summed E-state index contributed by atoms with van der Waals surface area (Å²) in [6, 6.07) is 18.9. The van der Waals surface area contributed by atoms with Gasteiger partial charge in [0.15, 0.2) is 10.9 Å². The molecule has 1 atom stereocenters. The summed E-state index contributed by atoms with van der Waals surface area (Å²) in [6.45, 7) is 9.93. The fourth-order valence-corrected chi connectivity index (χ4v) is 5.59. The van der Waals surface area contributed by atoms with E-state index in [4.69, 9.17) is 9.72 Å². The third-order valence-corrected chi connectivity index (χ3v) is 7.84. The molecule has 0 aliphatic carbocycles. The molecule has 0 amide bonds. The minimum Gasteiger partial charge on any atom is -0.376 e. The Hall–Kier alpha value is -3.09. The van der Waals surface area contributed by atoms with E-state index in [1.54, 1.807) is 0 Å². The normalized spacial score (nSPS) is 15.5. The number of imidazole rings is 1. The number of hydrogen-bond acceptors (Lipinski definition) is 4. The minimum absolute atomic E-state index is 0.122. The van der Waals surface area contributed by atoms with Crippen molar-refractivity contribution in [2.45, 2.75) is 58.3 Å². The molecule has 1 unspecified atom stereocenters. The molecule has 1 fully saturated rings. The van der Waals surface area contributed by atoms with Crippen molar-refractivity contribution >= 4 is 17.5 Å². The number of aromatic amines is 1. The maximum absolute atomic E-state index is 13.2. The first kappa shape index (κ1) is 24.6. The number of aryl methyl sites for hydroxylation is 3. The van der Waals surface area contributed by atoms with Crippen molar-refractivity contribution in [3.05, 3.63) is 82.7 Å². The summed E-state index contributed by atoms with van der Waals surface area (Å²) in [5.74, 6) is 0.454. The first-order valence-electron chi connectivity index (χ1n) is 12.6. The summed E-state index contributed by atoms with van der Waals surface area (Å²) in [5, 5.41) is 0.752. The van der Waals surface area contributed by atoms with Crippen molar-refractivity contribution in [2.24, 2.45) is 0 Å². The van der Waals surface area contributed by atoms with E-state index in [1.807, 2.05) is 13.0 Å². The van der Waals surface area contributed by atoms with E-state index in [9.17, 15) is 4.79 Å². The van der Waals surface area contributed by atoms with Gasteiger partial charge in [-0.2, -0.15) is 0 Å². The van der Waals surface area contributed by atoms with Crippen LogP contribution in [0.5, 0.6) is 0 Å². The molecule has 0 spiro atoms. The highest BCUT2D eigenvalue weighted by molar-refractivity contribution is 7.99. The molecule has 36 heavy (non-hydrogen) atoms. The minimum atomic E-state index is 0.122. The fraction of sp³-hybridized carbons (Fsp3) is 0.333. The summed E-state index contributed by atoms with van der Waals surface area (Å²) in [6.07, 6.45) is 2.45. The van der Waals surface area contributed by atoms with Crippen LogP contribution in [0.2, 0.25) is 0 Å². The molecule has 5 nitrogen and oxygen atoms in total. The van der Waals surface area contributed by atoms with Crippen molar-refractivity contribution in [2.75, 3.05) is 12.4 Å². The number of carbonyl (C=O) groups excluding carboxylic acids is 1. The number of aromatic nitrogens is 3. The van der Waals surface area contributed by atoms with Crippen molar-refractivity contribution < 1.29 is 9.53 Å². The van der Waals surface area contributed by atoms with Crippen LogP contribution in [0.3, 0.4) is 0 Å². The van der Waals surface area contributed by atoms with Crippen LogP contribution >= 0.6 is 11.8 Å². The van der Waals surface area contributed by atoms with E-state index in [0.717, 1.165) is 70.6 Å². The van der Waals surface area contributed by atoms with E-state index in [1.165, 1.54) is 22.9 Å². The van der Waals surface area contributed by atoms with E-state index in [-0.39, 0.29) is 11.9 Å². The van der Waals surface area contributed by atoms with Gasteiger partial charge in [0.05, 0.1) is 23.2 Å². The molecule has 2 aromatic heterocycles. The van der Waals surface area contributed by atoms with Crippen LogP contribution in [0.4, 0.5) is 0 Å². The van der Waals surface area contributed by atoms with Gasteiger partial charge in [-0.3, -0.25) is 4.79 Å². The molecule has 3 heterocycles. The summed E-state index contributed by atoms with van der Waals surface area (Å²) >= 11 is 1.46. The number of hydrogen-bond donors (Lipinski definition) is 1. The lowest BCUT2D eigenvalue weighted by atomic mass is 10.0. The van der Waals surface area contributed by atoms with Crippen molar-refractivity contribution in [1.82, 2.24) is 14.5 Å². The van der Waals surface area contributed by atoms with Gasteiger partial charge < -0.3 is 14.3 Å². The molecule has 0 saturated carbocycles. The number of ketones is 1. The quantitative estimate of drug-likeness (QED) is 0.211. The van der Waals surface area contributed by atoms with Gasteiger partial charge in [-0.15, -0.1) is 0 Å². The Balaban J connectivity index is 1.37. The number of benzene rings is 2. The Morgan fingerprint density at radius 1 is 1.03 bits per heavy atom. The third-order valence-electron chi connectivity index (χ3n) is 6.97. The highest BCUT2D eigenvalue weighted by Gasteiger charge is 2.22. The number of carbonyl (C=O) groups is 1. The second kappa shape index (κ2) is 10.5. The standard InChI is InChI=1S/C30H33N3O2S/c1-19-7-11-23(12-8-19)28-29(24-13-9-20(2)10-14-24)32-30(31-28)36-18-27(34)26-16-21(3)33(22(26)4)17-25-6-5-15-35-25/h7-14,16,25H,5-6,15,17-18H2,1-4H3,(H,31,32). The maximum atomic E-state index is 13.2. The predicted molar refractivity (Wildman–Crippen MR) is 147 cm³/mol. The van der Waals surface area contributed by atoms with Crippen LogP contribution in [0, 0.1) is 27.7 Å². The molecular weight excluding hydrogens is 466 g/mol. The first-order valence-corrected chi connectivity index (χ1v) is 13.6. The average molecular weight is 500 g/mol. The van der Waals surface area contributed by atoms with Gasteiger partial charge in [0.2, 0.25) is 0 Å². The van der Waals surface area contributed by atoms with Crippen LogP contribution in [0.1, 0.15) is 45.7 Å². The van der Waals surface area contributed by atoms with Gasteiger partial charge in [-0.05, 0) is 46.6 Å². The van der Waals surface area contributed by atoms with Gasteiger partial charge >= 0.3 is 0 Å². The Labute approximate surface area is 217 Å². The fourth-order valence-electron chi connectivity index (χ4n) is 4.84. The summed E-state index contributed by atoms with van der Waals surface area (Å²) in [5.41, 5.74) is 9.37. The highest BCUT2D eigenvalue weighted by Crippen LogP contribution is 2.33. The van der Waals surface area contributed by atoms with Crippen LogP contribution in [-0.4, -0.2) is 38.8 Å². The highest BCUT2D eigenvalue weighted by atomic mass is 32.2. The average Bonchev–Trinajstić information content (AvgIpc) is 3.60. The largest absolute Gasteiger partial charge is 0.376 e.